The maximum absolute atomic E-state index is 12.2. The van der Waals surface area contributed by atoms with Crippen LogP contribution in [0.3, 0.4) is 0 Å². The molecule has 4 rings (SSSR count). The van der Waals surface area contributed by atoms with Gasteiger partial charge < -0.3 is 20.3 Å². The van der Waals surface area contributed by atoms with Gasteiger partial charge in [-0.3, -0.25) is 9.59 Å². The Labute approximate surface area is 186 Å². The van der Waals surface area contributed by atoms with E-state index in [9.17, 15) is 9.59 Å². The molecule has 1 aliphatic carbocycles. The first-order chi connectivity index (χ1) is 15.1. The average Bonchev–Trinajstić information content (AvgIpc) is 3.62. The first-order valence-electron chi connectivity index (χ1n) is 10.6. The van der Waals surface area contributed by atoms with Crippen molar-refractivity contribution in [3.05, 3.63) is 36.4 Å². The van der Waals surface area contributed by atoms with Crippen molar-refractivity contribution in [2.75, 3.05) is 36.2 Å². The molecule has 0 atom stereocenters. The number of aromatic nitrogens is 2. The minimum Gasteiger partial charge on any atom is -0.497 e. The van der Waals surface area contributed by atoms with E-state index >= 15 is 0 Å². The third-order valence-corrected chi connectivity index (χ3v) is 6.36. The Bertz CT molecular complexity index is 912. The van der Waals surface area contributed by atoms with E-state index in [-0.39, 0.29) is 23.5 Å². The number of ether oxygens (including phenoxy) is 1. The lowest BCUT2D eigenvalue weighted by atomic mass is 9.96. The van der Waals surface area contributed by atoms with Crippen molar-refractivity contribution >= 4 is 35.1 Å². The lowest BCUT2D eigenvalue weighted by molar-refractivity contribution is -0.125. The zero-order valence-electron chi connectivity index (χ0n) is 17.5. The topological polar surface area (TPSA) is 96.5 Å². The van der Waals surface area contributed by atoms with E-state index in [1.165, 1.54) is 11.8 Å². The van der Waals surface area contributed by atoms with E-state index in [0.717, 1.165) is 44.6 Å². The summed E-state index contributed by atoms with van der Waals surface area (Å²) in [6.45, 7) is 1.60. The van der Waals surface area contributed by atoms with Gasteiger partial charge in [-0.2, -0.15) is 0 Å². The predicted molar refractivity (Wildman–Crippen MR) is 120 cm³/mol. The molecule has 1 aliphatic heterocycles. The van der Waals surface area contributed by atoms with Gasteiger partial charge in [0.25, 0.3) is 0 Å². The summed E-state index contributed by atoms with van der Waals surface area (Å²) in [7, 11) is 1.59. The summed E-state index contributed by atoms with van der Waals surface area (Å²) in [5, 5.41) is 15.2. The van der Waals surface area contributed by atoms with Crippen LogP contribution in [0, 0.1) is 5.92 Å². The number of methoxy groups -OCH3 is 1. The van der Waals surface area contributed by atoms with Gasteiger partial charge in [-0.15, -0.1) is 10.2 Å². The molecule has 164 valence electrons. The van der Waals surface area contributed by atoms with Crippen molar-refractivity contribution in [3.63, 3.8) is 0 Å². The van der Waals surface area contributed by atoms with Crippen LogP contribution in [-0.4, -0.2) is 54.0 Å². The van der Waals surface area contributed by atoms with Crippen LogP contribution in [0.5, 0.6) is 5.75 Å². The van der Waals surface area contributed by atoms with Crippen LogP contribution >= 0.6 is 11.8 Å². The van der Waals surface area contributed by atoms with Gasteiger partial charge >= 0.3 is 0 Å². The van der Waals surface area contributed by atoms with Crippen LogP contribution < -0.4 is 20.3 Å². The monoisotopic (exact) mass is 441 g/mol. The Kier molecular flexibility index (Phi) is 6.91. The summed E-state index contributed by atoms with van der Waals surface area (Å²) in [5.41, 5.74) is 0.695. The van der Waals surface area contributed by atoms with Crippen LogP contribution in [0.2, 0.25) is 0 Å². The van der Waals surface area contributed by atoms with Gasteiger partial charge in [-0.05, 0) is 49.9 Å². The largest absolute Gasteiger partial charge is 0.497 e. The van der Waals surface area contributed by atoms with Gasteiger partial charge in [0.2, 0.25) is 11.8 Å². The van der Waals surface area contributed by atoms with Gasteiger partial charge in [0.1, 0.15) is 10.8 Å². The second kappa shape index (κ2) is 10.00. The van der Waals surface area contributed by atoms with Gasteiger partial charge in [0, 0.05) is 36.8 Å². The molecule has 0 spiro atoms. The molecule has 0 bridgehead atoms. The molecule has 2 N–H and O–H groups in total. The zero-order chi connectivity index (χ0) is 21.6. The molecule has 2 heterocycles. The summed E-state index contributed by atoms with van der Waals surface area (Å²) < 4.78 is 5.16. The Morgan fingerprint density at radius 3 is 2.61 bits per heavy atom. The highest BCUT2D eigenvalue weighted by Gasteiger charge is 2.30. The molecule has 8 nitrogen and oxygen atoms in total. The third kappa shape index (κ3) is 6.10. The van der Waals surface area contributed by atoms with Crippen molar-refractivity contribution < 1.29 is 14.3 Å². The fraction of sp³-hybridized carbons (Fsp3) is 0.455. The first kappa shape index (κ1) is 21.4. The number of benzene rings is 1. The van der Waals surface area contributed by atoms with Crippen LogP contribution in [0.15, 0.2) is 41.4 Å². The molecule has 1 saturated heterocycles. The van der Waals surface area contributed by atoms with Crippen molar-refractivity contribution in [2.45, 2.75) is 36.8 Å². The lowest BCUT2D eigenvalue weighted by Crippen LogP contribution is -2.41. The molecule has 0 radical (unpaired) electrons. The van der Waals surface area contributed by atoms with Crippen molar-refractivity contribution in [3.8, 4) is 5.75 Å². The molecular formula is C22H27N5O3S. The fourth-order valence-electron chi connectivity index (χ4n) is 3.51. The Hall–Kier alpha value is -2.81. The van der Waals surface area contributed by atoms with E-state index in [1.54, 1.807) is 13.2 Å². The highest BCUT2D eigenvalue weighted by Crippen LogP contribution is 2.25. The van der Waals surface area contributed by atoms with Crippen LogP contribution in [-0.2, 0) is 9.59 Å². The summed E-state index contributed by atoms with van der Waals surface area (Å²) in [5.74, 6) is 1.93. The van der Waals surface area contributed by atoms with Crippen LogP contribution in [0.1, 0.15) is 25.7 Å². The maximum atomic E-state index is 12.2. The lowest BCUT2D eigenvalue weighted by Gasteiger charge is -2.31. The molecular weight excluding hydrogens is 414 g/mol. The first-order valence-corrected chi connectivity index (χ1v) is 11.5. The van der Waals surface area contributed by atoms with Gasteiger partial charge in [0.15, 0.2) is 5.82 Å². The number of piperidine rings is 1. The van der Waals surface area contributed by atoms with Gasteiger partial charge in [0.05, 0.1) is 12.9 Å². The normalized spacial score (nSPS) is 16.6. The minimum absolute atomic E-state index is 0.0998. The van der Waals surface area contributed by atoms with Gasteiger partial charge in [-0.25, -0.2) is 0 Å². The predicted octanol–water partition coefficient (Wildman–Crippen LogP) is 2.71. The highest BCUT2D eigenvalue weighted by atomic mass is 32.2. The van der Waals surface area contributed by atoms with Crippen molar-refractivity contribution in [1.29, 1.82) is 0 Å². The molecule has 9 heteroatoms. The molecule has 2 aromatic rings. The fourth-order valence-corrected chi connectivity index (χ4v) is 4.13. The number of amides is 2. The van der Waals surface area contributed by atoms with Crippen molar-refractivity contribution in [1.82, 2.24) is 15.5 Å². The molecule has 2 fully saturated rings. The quantitative estimate of drug-likeness (QED) is 0.608. The molecule has 0 unspecified atom stereocenters. The summed E-state index contributed by atoms with van der Waals surface area (Å²) in [4.78, 5) is 26.6. The molecule has 1 aromatic heterocycles. The number of nitrogens with zero attached hydrogens (tertiary/aromatic N) is 3. The average molecular weight is 442 g/mol. The van der Waals surface area contributed by atoms with Crippen LogP contribution in [0.4, 0.5) is 11.5 Å². The minimum atomic E-state index is -0.115. The second-order valence-corrected chi connectivity index (χ2v) is 8.84. The molecule has 31 heavy (non-hydrogen) atoms. The smallest absolute Gasteiger partial charge is 0.234 e. The summed E-state index contributed by atoms with van der Waals surface area (Å²) in [6.07, 6.45) is 3.91. The Morgan fingerprint density at radius 1 is 1.13 bits per heavy atom. The zero-order valence-corrected chi connectivity index (χ0v) is 18.4. The van der Waals surface area contributed by atoms with E-state index in [2.05, 4.69) is 25.7 Å². The van der Waals surface area contributed by atoms with E-state index in [0.29, 0.717) is 22.5 Å². The SMILES string of the molecule is COc1cccc(NC(=O)CSc2ccc(N3CCC(C(=O)NC4CC4)CC3)nn2)c1. The number of anilines is 2. The van der Waals surface area contributed by atoms with Gasteiger partial charge in [-0.1, -0.05) is 17.8 Å². The Morgan fingerprint density at radius 2 is 1.94 bits per heavy atom. The Balaban J connectivity index is 1.22. The molecule has 1 aromatic carbocycles. The number of hydrogen-bond donors (Lipinski definition) is 2. The van der Waals surface area contributed by atoms with E-state index in [1.807, 2.05) is 30.3 Å². The second-order valence-electron chi connectivity index (χ2n) is 7.84. The number of hydrogen-bond acceptors (Lipinski definition) is 7. The van der Waals surface area contributed by atoms with Crippen LogP contribution in [0.25, 0.3) is 0 Å². The number of thioether (sulfide) groups is 1. The summed E-state index contributed by atoms with van der Waals surface area (Å²) >= 11 is 1.34. The summed E-state index contributed by atoms with van der Waals surface area (Å²) in [6, 6.07) is 11.5. The number of carbonyl (C=O) groups excluding carboxylic acids is 2. The molecule has 2 aliphatic rings. The third-order valence-electron chi connectivity index (χ3n) is 5.44. The number of rotatable bonds is 8. The highest BCUT2D eigenvalue weighted by molar-refractivity contribution is 7.99. The van der Waals surface area contributed by atoms with E-state index in [4.69, 9.17) is 4.74 Å². The van der Waals surface area contributed by atoms with Crippen molar-refractivity contribution in [2.24, 2.45) is 5.92 Å². The molecule has 2 amide bonds. The number of carbonyl (C=O) groups is 2. The standard InChI is InChI=1S/C22H27N5O3S/c1-30-18-4-2-3-17(13-18)23-20(28)14-31-21-8-7-19(25-26-21)27-11-9-15(10-12-27)22(29)24-16-5-6-16/h2-4,7-8,13,15-16H,5-6,9-12,14H2,1H3,(H,23,28)(H,24,29). The maximum Gasteiger partial charge on any atom is 0.234 e. The molecule has 1 saturated carbocycles. The number of nitrogens with one attached hydrogen (secondary N) is 2. The van der Waals surface area contributed by atoms with E-state index < -0.39 is 0 Å².